The normalized spacial score (nSPS) is 17.2. The Morgan fingerprint density at radius 2 is 1.75 bits per heavy atom. The van der Waals surface area contributed by atoms with Crippen molar-refractivity contribution in [2.45, 2.75) is 58.4 Å². The summed E-state index contributed by atoms with van der Waals surface area (Å²) in [4.78, 5) is 0. The Labute approximate surface area is 101 Å². The smallest absolute Gasteiger partial charge is 0.192 e. The van der Waals surface area contributed by atoms with Crippen LogP contribution in [0.15, 0.2) is 0 Å². The van der Waals surface area contributed by atoms with Gasteiger partial charge in [-0.05, 0) is 24.6 Å². The molecule has 0 bridgehead atoms. The van der Waals surface area contributed by atoms with Crippen molar-refractivity contribution in [3.05, 3.63) is 0 Å². The first kappa shape index (κ1) is 16.1. The van der Waals surface area contributed by atoms with E-state index >= 15 is 0 Å². The summed E-state index contributed by atoms with van der Waals surface area (Å²) in [5, 5.41) is 19.1. The maximum Gasteiger partial charge on any atom is 0.192 e. The molecule has 0 saturated heterocycles. The number of rotatable bonds is 6. The van der Waals surface area contributed by atoms with Crippen molar-refractivity contribution in [1.82, 2.24) is 0 Å². The summed E-state index contributed by atoms with van der Waals surface area (Å²) in [6.07, 6.45) is 0.225. The minimum absolute atomic E-state index is 0.0263. The van der Waals surface area contributed by atoms with Gasteiger partial charge in [-0.15, -0.1) is 0 Å². The minimum Gasteiger partial charge on any atom is -0.414 e. The van der Waals surface area contributed by atoms with Crippen LogP contribution in [0.4, 0.5) is 0 Å². The second-order valence-corrected chi connectivity index (χ2v) is 10.8. The summed E-state index contributed by atoms with van der Waals surface area (Å²) in [5.41, 5.74) is 0. The van der Waals surface area contributed by atoms with Crippen LogP contribution in [0.25, 0.3) is 0 Å². The zero-order valence-electron chi connectivity index (χ0n) is 11.6. The Balaban J connectivity index is 4.24. The molecule has 0 aromatic rings. The van der Waals surface area contributed by atoms with Crippen LogP contribution in [-0.4, -0.2) is 37.8 Å². The van der Waals surface area contributed by atoms with Crippen LogP contribution in [0.1, 0.15) is 34.1 Å². The van der Waals surface area contributed by atoms with Crippen molar-refractivity contribution in [1.29, 1.82) is 0 Å². The van der Waals surface area contributed by atoms with Gasteiger partial charge in [0.15, 0.2) is 8.32 Å². The molecule has 0 aliphatic heterocycles. The largest absolute Gasteiger partial charge is 0.414 e. The van der Waals surface area contributed by atoms with E-state index in [9.17, 15) is 5.11 Å². The van der Waals surface area contributed by atoms with E-state index in [1.165, 1.54) is 0 Å². The van der Waals surface area contributed by atoms with Crippen molar-refractivity contribution in [2.24, 2.45) is 5.92 Å². The Kier molecular flexibility index (Phi) is 6.18. The third kappa shape index (κ3) is 4.53. The maximum absolute atomic E-state index is 9.88. The van der Waals surface area contributed by atoms with E-state index in [4.69, 9.17) is 9.53 Å². The second-order valence-electron chi connectivity index (χ2n) is 5.99. The predicted molar refractivity (Wildman–Crippen MR) is 70.0 cm³/mol. The van der Waals surface area contributed by atoms with Gasteiger partial charge in [0.1, 0.15) is 0 Å². The van der Waals surface area contributed by atoms with E-state index in [1.54, 1.807) is 0 Å². The average Bonchev–Trinajstić information content (AvgIpc) is 2.15. The zero-order valence-corrected chi connectivity index (χ0v) is 12.6. The zero-order chi connectivity index (χ0) is 13.0. The SMILES string of the molecule is CC[C@@H](CO)[C@H](O)CO[Si](C)(C)C(C)(C)C. The van der Waals surface area contributed by atoms with Crippen molar-refractivity contribution in [3.63, 3.8) is 0 Å². The molecule has 0 heterocycles. The van der Waals surface area contributed by atoms with Crippen LogP contribution < -0.4 is 0 Å². The molecular weight excluding hydrogens is 220 g/mol. The quantitative estimate of drug-likeness (QED) is 0.710. The topological polar surface area (TPSA) is 49.7 Å². The van der Waals surface area contributed by atoms with E-state index < -0.39 is 14.4 Å². The van der Waals surface area contributed by atoms with Crippen molar-refractivity contribution in [3.8, 4) is 0 Å². The summed E-state index contributed by atoms with van der Waals surface area (Å²) in [5.74, 6) is -0.0650. The number of aliphatic hydroxyl groups is 2. The van der Waals surface area contributed by atoms with Crippen LogP contribution in [-0.2, 0) is 4.43 Å². The lowest BCUT2D eigenvalue weighted by Gasteiger charge is -2.37. The Morgan fingerprint density at radius 3 is 2.06 bits per heavy atom. The molecule has 98 valence electrons. The van der Waals surface area contributed by atoms with Gasteiger partial charge in [0.05, 0.1) is 12.7 Å². The van der Waals surface area contributed by atoms with Gasteiger partial charge in [-0.3, -0.25) is 0 Å². The Hall–Kier alpha value is 0.0969. The highest BCUT2D eigenvalue weighted by Crippen LogP contribution is 2.36. The fraction of sp³-hybridized carbons (Fsp3) is 1.00. The average molecular weight is 248 g/mol. The minimum atomic E-state index is -1.78. The highest BCUT2D eigenvalue weighted by Gasteiger charge is 2.37. The molecule has 0 amide bonds. The molecule has 3 nitrogen and oxygen atoms in total. The van der Waals surface area contributed by atoms with Crippen LogP contribution >= 0.6 is 0 Å². The monoisotopic (exact) mass is 248 g/mol. The lowest BCUT2D eigenvalue weighted by Crippen LogP contribution is -2.43. The molecule has 0 aromatic carbocycles. The van der Waals surface area contributed by atoms with Gasteiger partial charge in [-0.2, -0.15) is 0 Å². The lowest BCUT2D eigenvalue weighted by atomic mass is 10.0. The summed E-state index contributed by atoms with van der Waals surface area (Å²) in [6, 6.07) is 0. The first-order valence-electron chi connectivity index (χ1n) is 6.08. The molecule has 2 atom stereocenters. The first-order valence-corrected chi connectivity index (χ1v) is 8.99. The molecule has 0 rings (SSSR count). The standard InChI is InChI=1S/C12H28O3Si/c1-7-10(8-13)11(14)9-15-16(5,6)12(2,3)4/h10-11,13-14H,7-9H2,1-6H3/t10-,11+/m0/s1. The molecular formula is C12H28O3Si. The number of hydrogen-bond donors (Lipinski definition) is 2. The lowest BCUT2D eigenvalue weighted by molar-refractivity contribution is 0.0249. The Morgan fingerprint density at radius 1 is 1.25 bits per heavy atom. The van der Waals surface area contributed by atoms with Crippen LogP contribution in [0.2, 0.25) is 18.1 Å². The van der Waals surface area contributed by atoms with Crippen LogP contribution in [0, 0.1) is 5.92 Å². The van der Waals surface area contributed by atoms with Crippen molar-refractivity contribution in [2.75, 3.05) is 13.2 Å². The molecule has 0 aliphatic carbocycles. The molecule has 0 saturated carbocycles. The fourth-order valence-electron chi connectivity index (χ4n) is 1.17. The molecule has 2 N–H and O–H groups in total. The molecule has 0 aromatic heterocycles. The van der Waals surface area contributed by atoms with Gasteiger partial charge >= 0.3 is 0 Å². The van der Waals surface area contributed by atoms with E-state index in [1.807, 2.05) is 6.92 Å². The van der Waals surface area contributed by atoms with Gasteiger partial charge in [0.2, 0.25) is 0 Å². The fourth-order valence-corrected chi connectivity index (χ4v) is 2.19. The number of aliphatic hydroxyl groups excluding tert-OH is 2. The molecule has 0 unspecified atom stereocenters. The van der Waals surface area contributed by atoms with E-state index in [2.05, 4.69) is 33.9 Å². The third-order valence-electron chi connectivity index (χ3n) is 3.72. The predicted octanol–water partition coefficient (Wildman–Crippen LogP) is 2.39. The van der Waals surface area contributed by atoms with Gasteiger partial charge in [0.25, 0.3) is 0 Å². The molecule has 0 radical (unpaired) electrons. The van der Waals surface area contributed by atoms with Gasteiger partial charge < -0.3 is 14.6 Å². The summed E-state index contributed by atoms with van der Waals surface area (Å²) in [7, 11) is -1.78. The van der Waals surface area contributed by atoms with E-state index in [-0.39, 0.29) is 17.6 Å². The highest BCUT2D eigenvalue weighted by atomic mass is 28.4. The number of hydrogen-bond acceptors (Lipinski definition) is 3. The van der Waals surface area contributed by atoms with Crippen LogP contribution in [0.5, 0.6) is 0 Å². The summed E-state index contributed by atoms with van der Waals surface area (Å²) < 4.78 is 5.92. The Bertz CT molecular complexity index is 195. The van der Waals surface area contributed by atoms with Crippen molar-refractivity contribution >= 4 is 8.32 Å². The molecule has 0 aliphatic rings. The first-order chi connectivity index (χ1) is 7.15. The molecule has 0 spiro atoms. The summed E-state index contributed by atoms with van der Waals surface area (Å²) >= 11 is 0. The highest BCUT2D eigenvalue weighted by molar-refractivity contribution is 6.74. The molecule has 0 fully saturated rings. The van der Waals surface area contributed by atoms with Crippen LogP contribution in [0.3, 0.4) is 0 Å². The molecule has 16 heavy (non-hydrogen) atoms. The maximum atomic E-state index is 9.88. The van der Waals surface area contributed by atoms with Crippen molar-refractivity contribution < 1.29 is 14.6 Å². The molecule has 4 heteroatoms. The van der Waals surface area contributed by atoms with E-state index in [0.717, 1.165) is 6.42 Å². The van der Waals surface area contributed by atoms with Gasteiger partial charge in [-0.1, -0.05) is 27.7 Å². The van der Waals surface area contributed by atoms with E-state index in [0.29, 0.717) is 6.61 Å². The summed E-state index contributed by atoms with van der Waals surface area (Å²) in [6.45, 7) is 13.2. The van der Waals surface area contributed by atoms with Gasteiger partial charge in [-0.25, -0.2) is 0 Å². The second kappa shape index (κ2) is 6.14. The third-order valence-corrected chi connectivity index (χ3v) is 8.22. The van der Waals surface area contributed by atoms with Gasteiger partial charge in [0, 0.05) is 12.5 Å².